The summed E-state index contributed by atoms with van der Waals surface area (Å²) in [6, 6.07) is 15.0. The second kappa shape index (κ2) is 5.89. The van der Waals surface area contributed by atoms with Crippen LogP contribution in [0.5, 0.6) is 0 Å². The van der Waals surface area contributed by atoms with Crippen LogP contribution in [0.15, 0.2) is 42.5 Å². The average molecular weight is 254 g/mol. The fourth-order valence-corrected chi connectivity index (χ4v) is 2.28. The molecule has 0 saturated heterocycles. The highest BCUT2D eigenvalue weighted by Crippen LogP contribution is 2.20. The Hall–Kier alpha value is -1.80. The van der Waals surface area contributed by atoms with E-state index < -0.39 is 0 Å². The summed E-state index contributed by atoms with van der Waals surface area (Å²) in [7, 11) is 2.13. The zero-order valence-electron chi connectivity index (χ0n) is 12.0. The number of anilines is 1. The van der Waals surface area contributed by atoms with Crippen molar-refractivity contribution >= 4 is 5.69 Å². The van der Waals surface area contributed by atoms with Gasteiger partial charge < -0.3 is 10.6 Å². The van der Waals surface area contributed by atoms with Gasteiger partial charge in [0, 0.05) is 25.8 Å². The Labute approximate surface area is 115 Å². The maximum absolute atomic E-state index is 5.71. The van der Waals surface area contributed by atoms with E-state index in [-0.39, 0.29) is 0 Å². The Kier molecular flexibility index (Phi) is 4.23. The summed E-state index contributed by atoms with van der Waals surface area (Å²) in [5.41, 5.74) is 12.1. The number of benzene rings is 2. The standard InChI is InChI=1S/C17H22N2/c1-13-6-4-5-7-16(13)12-19(3)17-9-8-15(11-18)14(2)10-17/h4-10H,11-12,18H2,1-3H3. The van der Waals surface area contributed by atoms with Gasteiger partial charge in [0.05, 0.1) is 0 Å². The number of rotatable bonds is 4. The van der Waals surface area contributed by atoms with Crippen LogP contribution in [0.4, 0.5) is 5.69 Å². The summed E-state index contributed by atoms with van der Waals surface area (Å²) in [5, 5.41) is 0. The monoisotopic (exact) mass is 254 g/mol. The van der Waals surface area contributed by atoms with Gasteiger partial charge in [0.1, 0.15) is 0 Å². The molecule has 0 spiro atoms. The van der Waals surface area contributed by atoms with Crippen molar-refractivity contribution in [2.45, 2.75) is 26.9 Å². The van der Waals surface area contributed by atoms with Crippen molar-refractivity contribution in [3.8, 4) is 0 Å². The molecule has 2 heteroatoms. The van der Waals surface area contributed by atoms with Gasteiger partial charge in [-0.3, -0.25) is 0 Å². The molecule has 0 aliphatic carbocycles. The first kappa shape index (κ1) is 13.6. The smallest absolute Gasteiger partial charge is 0.0428 e. The summed E-state index contributed by atoms with van der Waals surface area (Å²) in [5.74, 6) is 0. The second-order valence-corrected chi connectivity index (χ2v) is 5.10. The number of hydrogen-bond acceptors (Lipinski definition) is 2. The third kappa shape index (κ3) is 3.15. The molecular formula is C17H22N2. The molecule has 0 saturated carbocycles. The SMILES string of the molecule is Cc1cc(N(C)Cc2ccccc2C)ccc1CN. The first-order valence-electron chi connectivity index (χ1n) is 6.67. The maximum Gasteiger partial charge on any atom is 0.0428 e. The molecular weight excluding hydrogens is 232 g/mol. The molecule has 100 valence electrons. The van der Waals surface area contributed by atoms with E-state index in [0.29, 0.717) is 6.54 Å². The normalized spacial score (nSPS) is 10.5. The minimum atomic E-state index is 0.605. The highest BCUT2D eigenvalue weighted by atomic mass is 15.1. The van der Waals surface area contributed by atoms with Gasteiger partial charge in [-0.15, -0.1) is 0 Å². The lowest BCUT2D eigenvalue weighted by Gasteiger charge is -2.21. The predicted octanol–water partition coefficient (Wildman–Crippen LogP) is 3.40. The zero-order chi connectivity index (χ0) is 13.8. The lowest BCUT2D eigenvalue weighted by Crippen LogP contribution is -2.17. The molecule has 0 aliphatic heterocycles. The van der Waals surface area contributed by atoms with E-state index in [1.54, 1.807) is 0 Å². The van der Waals surface area contributed by atoms with E-state index in [0.717, 1.165) is 6.54 Å². The van der Waals surface area contributed by atoms with Crippen molar-refractivity contribution in [2.24, 2.45) is 5.73 Å². The highest BCUT2D eigenvalue weighted by Gasteiger charge is 2.05. The molecule has 19 heavy (non-hydrogen) atoms. The van der Waals surface area contributed by atoms with Crippen LogP contribution in [0.3, 0.4) is 0 Å². The summed E-state index contributed by atoms with van der Waals surface area (Å²) in [6.45, 7) is 5.81. The van der Waals surface area contributed by atoms with Crippen molar-refractivity contribution in [2.75, 3.05) is 11.9 Å². The molecule has 2 nitrogen and oxygen atoms in total. The molecule has 0 aromatic heterocycles. The van der Waals surface area contributed by atoms with Gasteiger partial charge in [-0.25, -0.2) is 0 Å². The molecule has 0 heterocycles. The summed E-state index contributed by atoms with van der Waals surface area (Å²) < 4.78 is 0. The molecule has 0 aliphatic rings. The zero-order valence-corrected chi connectivity index (χ0v) is 12.0. The Balaban J connectivity index is 2.18. The number of aryl methyl sites for hydroxylation is 2. The highest BCUT2D eigenvalue weighted by molar-refractivity contribution is 5.51. The minimum Gasteiger partial charge on any atom is -0.370 e. The Morgan fingerprint density at radius 3 is 2.32 bits per heavy atom. The average Bonchev–Trinajstić information content (AvgIpc) is 2.41. The third-order valence-electron chi connectivity index (χ3n) is 3.66. The fourth-order valence-electron chi connectivity index (χ4n) is 2.28. The van der Waals surface area contributed by atoms with Gasteiger partial charge in [-0.1, -0.05) is 30.3 Å². The van der Waals surface area contributed by atoms with Gasteiger partial charge in [0.2, 0.25) is 0 Å². The molecule has 0 unspecified atom stereocenters. The molecule has 0 bridgehead atoms. The Morgan fingerprint density at radius 1 is 0.947 bits per heavy atom. The first-order valence-corrected chi connectivity index (χ1v) is 6.67. The lowest BCUT2D eigenvalue weighted by atomic mass is 10.1. The van der Waals surface area contributed by atoms with E-state index in [1.165, 1.54) is 27.9 Å². The van der Waals surface area contributed by atoms with E-state index in [9.17, 15) is 0 Å². The Morgan fingerprint density at radius 2 is 1.68 bits per heavy atom. The van der Waals surface area contributed by atoms with E-state index in [2.05, 4.69) is 68.3 Å². The van der Waals surface area contributed by atoms with Crippen LogP contribution in [0, 0.1) is 13.8 Å². The summed E-state index contributed by atoms with van der Waals surface area (Å²) in [4.78, 5) is 2.27. The van der Waals surface area contributed by atoms with Crippen LogP contribution in [0.25, 0.3) is 0 Å². The molecule has 0 fully saturated rings. The molecule has 0 amide bonds. The van der Waals surface area contributed by atoms with Crippen LogP contribution in [0.1, 0.15) is 22.3 Å². The maximum atomic E-state index is 5.71. The van der Waals surface area contributed by atoms with E-state index in [4.69, 9.17) is 5.73 Å². The number of nitrogens with zero attached hydrogens (tertiary/aromatic N) is 1. The number of hydrogen-bond donors (Lipinski definition) is 1. The van der Waals surface area contributed by atoms with Crippen molar-refractivity contribution in [1.82, 2.24) is 0 Å². The van der Waals surface area contributed by atoms with Crippen LogP contribution in [-0.2, 0) is 13.1 Å². The van der Waals surface area contributed by atoms with Crippen LogP contribution >= 0.6 is 0 Å². The molecule has 2 aromatic carbocycles. The molecule has 2 aromatic rings. The summed E-state index contributed by atoms with van der Waals surface area (Å²) in [6.07, 6.45) is 0. The van der Waals surface area contributed by atoms with Gasteiger partial charge >= 0.3 is 0 Å². The van der Waals surface area contributed by atoms with Crippen molar-refractivity contribution in [1.29, 1.82) is 0 Å². The molecule has 2 N–H and O–H groups in total. The minimum absolute atomic E-state index is 0.605. The fraction of sp³-hybridized carbons (Fsp3) is 0.294. The first-order chi connectivity index (χ1) is 9.11. The number of nitrogens with two attached hydrogens (primary N) is 1. The van der Waals surface area contributed by atoms with Gasteiger partial charge in [0.25, 0.3) is 0 Å². The van der Waals surface area contributed by atoms with Crippen molar-refractivity contribution in [3.05, 3.63) is 64.7 Å². The van der Waals surface area contributed by atoms with Crippen molar-refractivity contribution < 1.29 is 0 Å². The Bertz CT molecular complexity index is 561. The van der Waals surface area contributed by atoms with Gasteiger partial charge in [-0.05, 0) is 48.2 Å². The largest absolute Gasteiger partial charge is 0.370 e. The third-order valence-corrected chi connectivity index (χ3v) is 3.66. The van der Waals surface area contributed by atoms with Crippen LogP contribution in [-0.4, -0.2) is 7.05 Å². The topological polar surface area (TPSA) is 29.3 Å². The van der Waals surface area contributed by atoms with E-state index >= 15 is 0 Å². The molecule has 0 atom stereocenters. The molecule has 2 rings (SSSR count). The van der Waals surface area contributed by atoms with Crippen LogP contribution < -0.4 is 10.6 Å². The van der Waals surface area contributed by atoms with E-state index in [1.807, 2.05) is 0 Å². The quantitative estimate of drug-likeness (QED) is 0.906. The van der Waals surface area contributed by atoms with Crippen molar-refractivity contribution in [3.63, 3.8) is 0 Å². The predicted molar refractivity (Wildman–Crippen MR) is 82.4 cm³/mol. The molecule has 0 radical (unpaired) electrons. The van der Waals surface area contributed by atoms with Gasteiger partial charge in [0.15, 0.2) is 0 Å². The lowest BCUT2D eigenvalue weighted by molar-refractivity contribution is 0.911. The van der Waals surface area contributed by atoms with Crippen LogP contribution in [0.2, 0.25) is 0 Å². The van der Waals surface area contributed by atoms with Gasteiger partial charge in [-0.2, -0.15) is 0 Å². The summed E-state index contributed by atoms with van der Waals surface area (Å²) >= 11 is 0. The second-order valence-electron chi connectivity index (χ2n) is 5.10.